The summed E-state index contributed by atoms with van der Waals surface area (Å²) in [4.78, 5) is 28.8. The number of terminal acetylenes is 1. The van der Waals surface area contributed by atoms with E-state index in [4.69, 9.17) is 6.42 Å². The minimum Gasteiger partial charge on any atom is -0.339 e. The number of hydrogen-bond donors (Lipinski definition) is 1. The van der Waals surface area contributed by atoms with Crippen molar-refractivity contribution in [3.8, 4) is 18.4 Å². The second-order valence-electron chi connectivity index (χ2n) is 7.92. The van der Waals surface area contributed by atoms with Crippen molar-refractivity contribution in [1.82, 2.24) is 15.1 Å². The molecule has 2 atom stereocenters. The smallest absolute Gasteiger partial charge is 0.253 e. The molecule has 29 heavy (non-hydrogen) atoms. The Labute approximate surface area is 180 Å². The van der Waals surface area contributed by atoms with Crippen molar-refractivity contribution in [2.75, 3.05) is 19.6 Å². The van der Waals surface area contributed by atoms with Gasteiger partial charge >= 0.3 is 0 Å². The van der Waals surface area contributed by atoms with Crippen molar-refractivity contribution < 1.29 is 9.59 Å². The van der Waals surface area contributed by atoms with E-state index in [1.807, 2.05) is 29.2 Å². The Morgan fingerprint density at radius 2 is 1.86 bits per heavy atom. The molecule has 2 fully saturated rings. The molecule has 0 aliphatic carbocycles. The highest BCUT2D eigenvalue weighted by Gasteiger charge is 2.37. The van der Waals surface area contributed by atoms with E-state index in [1.54, 1.807) is 4.90 Å². The maximum atomic E-state index is 12.7. The minimum absolute atomic E-state index is 0.0291. The van der Waals surface area contributed by atoms with Crippen LogP contribution < -0.4 is 5.32 Å². The third-order valence-corrected chi connectivity index (χ3v) is 6.45. The van der Waals surface area contributed by atoms with Crippen LogP contribution in [0.15, 0.2) is 28.7 Å². The van der Waals surface area contributed by atoms with Crippen LogP contribution in [-0.2, 0) is 4.79 Å². The number of hydrogen-bond acceptors (Lipinski definition) is 4. The predicted molar refractivity (Wildman–Crippen MR) is 114 cm³/mol. The van der Waals surface area contributed by atoms with Gasteiger partial charge in [-0.2, -0.15) is 5.26 Å². The number of benzene rings is 1. The first-order valence-electron chi connectivity index (χ1n) is 9.84. The number of nitrogens with one attached hydrogen (secondary N) is 1. The van der Waals surface area contributed by atoms with Gasteiger partial charge in [-0.15, -0.1) is 6.42 Å². The zero-order chi connectivity index (χ0) is 21.0. The van der Waals surface area contributed by atoms with Gasteiger partial charge in [-0.25, -0.2) is 0 Å². The van der Waals surface area contributed by atoms with E-state index in [-0.39, 0.29) is 29.9 Å². The summed E-state index contributed by atoms with van der Waals surface area (Å²) in [6, 6.07) is 8.81. The highest BCUT2D eigenvalue weighted by Crippen LogP contribution is 2.25. The van der Waals surface area contributed by atoms with E-state index < -0.39 is 6.04 Å². The van der Waals surface area contributed by atoms with Crippen LogP contribution in [0.3, 0.4) is 0 Å². The number of likely N-dealkylation sites (tertiary alicyclic amines) is 2. The topological polar surface area (TPSA) is 76.4 Å². The van der Waals surface area contributed by atoms with Gasteiger partial charge in [-0.3, -0.25) is 9.59 Å². The molecule has 7 heteroatoms. The van der Waals surface area contributed by atoms with Gasteiger partial charge < -0.3 is 15.1 Å². The molecule has 152 valence electrons. The molecule has 2 aliphatic rings. The van der Waals surface area contributed by atoms with E-state index >= 15 is 0 Å². The molecular formula is C22H25BrN4O2. The first kappa shape index (κ1) is 21.4. The Balaban J connectivity index is 1.53. The number of amides is 2. The summed E-state index contributed by atoms with van der Waals surface area (Å²) in [6.07, 6.45) is 8.33. The maximum absolute atomic E-state index is 12.7. The van der Waals surface area contributed by atoms with Crippen LogP contribution in [0.2, 0.25) is 0 Å². The van der Waals surface area contributed by atoms with Gasteiger partial charge in [-0.1, -0.05) is 21.9 Å². The highest BCUT2D eigenvalue weighted by molar-refractivity contribution is 9.10. The molecule has 6 nitrogen and oxygen atoms in total. The zero-order valence-corrected chi connectivity index (χ0v) is 18.1. The van der Waals surface area contributed by atoms with Gasteiger partial charge in [0.1, 0.15) is 6.04 Å². The van der Waals surface area contributed by atoms with Crippen molar-refractivity contribution in [3.05, 3.63) is 34.3 Å². The Kier molecular flexibility index (Phi) is 6.62. The van der Waals surface area contributed by atoms with Gasteiger partial charge in [0.05, 0.1) is 18.7 Å². The Hall–Kier alpha value is -2.35. The van der Waals surface area contributed by atoms with Gasteiger partial charge in [0, 0.05) is 28.7 Å². The highest BCUT2D eigenvalue weighted by atomic mass is 79.9. The fourth-order valence-electron chi connectivity index (χ4n) is 3.98. The average molecular weight is 457 g/mol. The molecule has 1 aromatic carbocycles. The third kappa shape index (κ3) is 4.80. The van der Waals surface area contributed by atoms with Gasteiger partial charge in [0.25, 0.3) is 5.91 Å². The zero-order valence-electron chi connectivity index (χ0n) is 16.5. The summed E-state index contributed by atoms with van der Waals surface area (Å²) in [5.74, 6) is 2.52. The first-order chi connectivity index (χ1) is 13.9. The van der Waals surface area contributed by atoms with E-state index in [1.165, 1.54) is 0 Å². The molecule has 0 radical (unpaired) electrons. The number of rotatable bonds is 4. The first-order valence-corrected chi connectivity index (χ1v) is 10.6. The summed E-state index contributed by atoms with van der Waals surface area (Å²) in [5, 5.41) is 12.6. The normalized spacial score (nSPS) is 23.3. The SMILES string of the molecule is C#C[C@H]1CC[C@@H](C#N)N1C(=O)CNC1(C)CCN(C(=O)c2ccc(Br)cc2)CC1. The van der Waals surface area contributed by atoms with Gasteiger partial charge in [0.2, 0.25) is 5.91 Å². The molecule has 2 saturated heterocycles. The lowest BCUT2D eigenvalue weighted by Gasteiger charge is -2.40. The molecule has 0 saturated carbocycles. The van der Waals surface area contributed by atoms with Crippen LogP contribution in [0, 0.1) is 23.7 Å². The molecule has 1 N–H and O–H groups in total. The third-order valence-electron chi connectivity index (χ3n) is 5.93. The standard InChI is InChI=1S/C22H25BrN4O2/c1-3-18-8-9-19(14-24)27(18)20(28)15-25-22(2)10-12-26(13-11-22)21(29)16-4-6-17(23)7-5-16/h1,4-7,18-19,25H,8-13,15H2,2H3/t18-,19-/m0/s1. The number of nitrogens with zero attached hydrogens (tertiary/aromatic N) is 3. The maximum Gasteiger partial charge on any atom is 0.253 e. The van der Waals surface area contributed by atoms with Crippen molar-refractivity contribution >= 4 is 27.7 Å². The Bertz CT molecular complexity index is 825. The Morgan fingerprint density at radius 1 is 1.24 bits per heavy atom. The lowest BCUT2D eigenvalue weighted by molar-refractivity contribution is -0.131. The van der Waals surface area contributed by atoms with Crippen LogP contribution >= 0.6 is 15.9 Å². The number of halogens is 1. The second kappa shape index (κ2) is 8.98. The Morgan fingerprint density at radius 3 is 2.45 bits per heavy atom. The van der Waals surface area contributed by atoms with Crippen LogP contribution in [-0.4, -0.2) is 58.9 Å². The lowest BCUT2D eigenvalue weighted by Crippen LogP contribution is -2.55. The van der Waals surface area contributed by atoms with Crippen molar-refractivity contribution in [3.63, 3.8) is 0 Å². The van der Waals surface area contributed by atoms with Crippen molar-refractivity contribution in [2.24, 2.45) is 0 Å². The fraction of sp³-hybridized carbons (Fsp3) is 0.500. The minimum atomic E-state index is -0.441. The number of piperidine rings is 1. The molecule has 0 aromatic heterocycles. The van der Waals surface area contributed by atoms with Gasteiger partial charge in [0.15, 0.2) is 0 Å². The molecular weight excluding hydrogens is 432 g/mol. The predicted octanol–water partition coefficient (Wildman–Crippen LogP) is 2.55. The summed E-state index contributed by atoms with van der Waals surface area (Å²) >= 11 is 3.38. The largest absolute Gasteiger partial charge is 0.339 e. The second-order valence-corrected chi connectivity index (χ2v) is 8.83. The van der Waals surface area contributed by atoms with E-state index in [0.717, 1.165) is 17.3 Å². The van der Waals surface area contributed by atoms with Crippen LogP contribution in [0.4, 0.5) is 0 Å². The quantitative estimate of drug-likeness (QED) is 0.706. The molecule has 2 aliphatic heterocycles. The molecule has 0 bridgehead atoms. The summed E-state index contributed by atoms with van der Waals surface area (Å²) < 4.78 is 0.942. The molecule has 2 amide bonds. The summed E-state index contributed by atoms with van der Waals surface area (Å²) in [7, 11) is 0. The molecule has 1 aromatic rings. The van der Waals surface area contributed by atoms with Crippen LogP contribution in [0.25, 0.3) is 0 Å². The number of carbonyl (C=O) groups is 2. The van der Waals surface area contributed by atoms with E-state index in [9.17, 15) is 14.9 Å². The van der Waals surface area contributed by atoms with Crippen molar-refractivity contribution in [1.29, 1.82) is 5.26 Å². The van der Waals surface area contributed by atoms with Crippen molar-refractivity contribution in [2.45, 2.75) is 50.2 Å². The monoisotopic (exact) mass is 456 g/mol. The molecule has 3 rings (SSSR count). The fourth-order valence-corrected chi connectivity index (χ4v) is 4.25. The molecule has 0 unspecified atom stereocenters. The summed E-state index contributed by atoms with van der Waals surface area (Å²) in [6.45, 7) is 3.48. The summed E-state index contributed by atoms with van der Waals surface area (Å²) in [5.41, 5.74) is 0.441. The van der Waals surface area contributed by atoms with E-state index in [2.05, 4.69) is 40.2 Å². The molecule has 2 heterocycles. The lowest BCUT2D eigenvalue weighted by atomic mass is 9.89. The van der Waals surface area contributed by atoms with Gasteiger partial charge in [-0.05, 0) is 56.9 Å². The van der Waals surface area contributed by atoms with E-state index in [0.29, 0.717) is 31.5 Å². The van der Waals surface area contributed by atoms with Crippen LogP contribution in [0.5, 0.6) is 0 Å². The number of carbonyl (C=O) groups excluding carboxylic acids is 2. The molecule has 0 spiro atoms. The number of nitriles is 1. The average Bonchev–Trinajstić information content (AvgIpc) is 3.16. The van der Waals surface area contributed by atoms with Crippen LogP contribution in [0.1, 0.15) is 43.0 Å².